The summed E-state index contributed by atoms with van der Waals surface area (Å²) >= 11 is 0. The Bertz CT molecular complexity index is 882. The molecular formula is C21H26N2O2S. The van der Waals surface area contributed by atoms with Crippen molar-refractivity contribution >= 4 is 10.0 Å². The second-order valence-electron chi connectivity index (χ2n) is 7.79. The van der Waals surface area contributed by atoms with Crippen molar-refractivity contribution in [3.8, 4) is 0 Å². The van der Waals surface area contributed by atoms with Crippen LogP contribution in [0.15, 0.2) is 59.5 Å². The normalized spacial score (nSPS) is 24.5. The third-order valence-corrected chi connectivity index (χ3v) is 7.82. The quantitative estimate of drug-likeness (QED) is 0.829. The Labute approximate surface area is 156 Å². The van der Waals surface area contributed by atoms with E-state index in [0.29, 0.717) is 18.0 Å². The zero-order chi connectivity index (χ0) is 18.2. The predicted octanol–water partition coefficient (Wildman–Crippen LogP) is 3.28. The molecule has 2 aromatic rings. The summed E-state index contributed by atoms with van der Waals surface area (Å²) in [4.78, 5) is 2.90. The van der Waals surface area contributed by atoms with Gasteiger partial charge in [-0.25, -0.2) is 8.42 Å². The van der Waals surface area contributed by atoms with Crippen molar-refractivity contribution in [1.82, 2.24) is 9.21 Å². The Balaban J connectivity index is 1.45. The summed E-state index contributed by atoms with van der Waals surface area (Å²) in [5, 5.41) is 0. The molecule has 0 aliphatic carbocycles. The minimum atomic E-state index is -3.37. The van der Waals surface area contributed by atoms with Gasteiger partial charge < -0.3 is 0 Å². The molecule has 1 unspecified atom stereocenters. The van der Waals surface area contributed by atoms with Crippen LogP contribution in [0.2, 0.25) is 0 Å². The number of aryl methyl sites for hydroxylation is 1. The lowest BCUT2D eigenvalue weighted by molar-refractivity contribution is 0.260. The first-order chi connectivity index (χ1) is 12.5. The van der Waals surface area contributed by atoms with Crippen LogP contribution in [0.1, 0.15) is 24.0 Å². The maximum absolute atomic E-state index is 12.9. The van der Waals surface area contributed by atoms with Crippen LogP contribution in [0, 0.1) is 12.3 Å². The van der Waals surface area contributed by atoms with E-state index in [9.17, 15) is 8.42 Å². The molecule has 0 amide bonds. The molecule has 26 heavy (non-hydrogen) atoms. The van der Waals surface area contributed by atoms with E-state index in [-0.39, 0.29) is 5.41 Å². The molecule has 2 aliphatic heterocycles. The van der Waals surface area contributed by atoms with Gasteiger partial charge in [-0.05, 0) is 55.0 Å². The van der Waals surface area contributed by atoms with Gasteiger partial charge in [0, 0.05) is 26.2 Å². The summed E-state index contributed by atoms with van der Waals surface area (Å²) in [6.45, 7) is 6.43. The minimum Gasteiger partial charge on any atom is -0.298 e. The van der Waals surface area contributed by atoms with E-state index in [0.717, 1.165) is 32.5 Å². The number of hydrogen-bond donors (Lipinski definition) is 0. The smallest absolute Gasteiger partial charge is 0.243 e. The first-order valence-electron chi connectivity index (χ1n) is 9.31. The Morgan fingerprint density at radius 1 is 0.923 bits per heavy atom. The van der Waals surface area contributed by atoms with Crippen molar-refractivity contribution in [2.45, 2.75) is 31.2 Å². The van der Waals surface area contributed by atoms with Crippen LogP contribution < -0.4 is 0 Å². The van der Waals surface area contributed by atoms with Crippen molar-refractivity contribution in [1.29, 1.82) is 0 Å². The molecule has 0 N–H and O–H groups in total. The standard InChI is InChI=1S/C21H26N2O2S/c1-18-7-5-6-8-19(18)15-22-13-11-21(16-22)12-14-23(17-21)26(24,25)20-9-3-2-4-10-20/h2-10H,11-17H2,1H3. The molecule has 2 aromatic carbocycles. The SMILES string of the molecule is Cc1ccccc1CN1CCC2(CCN(S(=O)(=O)c3ccccc3)C2)C1. The molecule has 4 rings (SSSR count). The number of sulfonamides is 1. The lowest BCUT2D eigenvalue weighted by Gasteiger charge is -2.25. The molecule has 0 bridgehead atoms. The van der Waals surface area contributed by atoms with E-state index >= 15 is 0 Å². The molecule has 2 fully saturated rings. The monoisotopic (exact) mass is 370 g/mol. The number of nitrogens with zero attached hydrogens (tertiary/aromatic N) is 2. The zero-order valence-electron chi connectivity index (χ0n) is 15.3. The van der Waals surface area contributed by atoms with E-state index in [4.69, 9.17) is 0 Å². The molecule has 138 valence electrons. The van der Waals surface area contributed by atoms with Crippen LogP contribution in [-0.2, 0) is 16.6 Å². The topological polar surface area (TPSA) is 40.6 Å². The predicted molar refractivity (Wildman–Crippen MR) is 103 cm³/mol. The van der Waals surface area contributed by atoms with Crippen LogP contribution in [0.5, 0.6) is 0 Å². The Morgan fingerprint density at radius 3 is 2.38 bits per heavy atom. The first-order valence-corrected chi connectivity index (χ1v) is 10.7. The average Bonchev–Trinajstić information content (AvgIpc) is 3.25. The summed E-state index contributed by atoms with van der Waals surface area (Å²) in [6.07, 6.45) is 2.04. The summed E-state index contributed by atoms with van der Waals surface area (Å²) < 4.78 is 27.5. The highest BCUT2D eigenvalue weighted by atomic mass is 32.2. The maximum Gasteiger partial charge on any atom is 0.243 e. The molecule has 2 heterocycles. The van der Waals surface area contributed by atoms with Gasteiger partial charge in [0.2, 0.25) is 10.0 Å². The Kier molecular flexibility index (Phi) is 4.63. The fraction of sp³-hybridized carbons (Fsp3) is 0.429. The van der Waals surface area contributed by atoms with Gasteiger partial charge in [0.1, 0.15) is 0 Å². The highest BCUT2D eigenvalue weighted by molar-refractivity contribution is 7.89. The number of hydrogen-bond acceptors (Lipinski definition) is 3. The van der Waals surface area contributed by atoms with Gasteiger partial charge in [0.25, 0.3) is 0 Å². The first kappa shape index (κ1) is 17.7. The second-order valence-corrected chi connectivity index (χ2v) is 9.73. The van der Waals surface area contributed by atoms with Gasteiger partial charge in [0.15, 0.2) is 0 Å². The number of rotatable bonds is 4. The van der Waals surface area contributed by atoms with Gasteiger partial charge in [-0.3, -0.25) is 4.90 Å². The lowest BCUT2D eigenvalue weighted by atomic mass is 9.86. The zero-order valence-corrected chi connectivity index (χ0v) is 16.1. The van der Waals surface area contributed by atoms with Crippen LogP contribution in [-0.4, -0.2) is 43.8 Å². The van der Waals surface area contributed by atoms with Crippen molar-refractivity contribution in [3.05, 3.63) is 65.7 Å². The summed E-state index contributed by atoms with van der Waals surface area (Å²) in [5.74, 6) is 0. The fourth-order valence-electron chi connectivity index (χ4n) is 4.36. The molecule has 0 aromatic heterocycles. The van der Waals surface area contributed by atoms with Crippen LogP contribution >= 0.6 is 0 Å². The number of likely N-dealkylation sites (tertiary alicyclic amines) is 1. The van der Waals surface area contributed by atoms with Gasteiger partial charge in [-0.15, -0.1) is 0 Å². The molecule has 0 saturated carbocycles. The largest absolute Gasteiger partial charge is 0.298 e. The van der Waals surface area contributed by atoms with Crippen LogP contribution in [0.25, 0.3) is 0 Å². The molecule has 4 nitrogen and oxygen atoms in total. The van der Waals surface area contributed by atoms with Crippen molar-refractivity contribution in [2.24, 2.45) is 5.41 Å². The van der Waals surface area contributed by atoms with Gasteiger partial charge in [0.05, 0.1) is 4.90 Å². The Hall–Kier alpha value is -1.69. The van der Waals surface area contributed by atoms with Crippen LogP contribution in [0.3, 0.4) is 0 Å². The number of benzene rings is 2. The molecule has 5 heteroatoms. The maximum atomic E-state index is 12.9. The van der Waals surface area contributed by atoms with E-state index < -0.39 is 10.0 Å². The van der Waals surface area contributed by atoms with Crippen molar-refractivity contribution in [3.63, 3.8) is 0 Å². The average molecular weight is 371 g/mol. The third-order valence-electron chi connectivity index (χ3n) is 5.96. The van der Waals surface area contributed by atoms with Crippen molar-refractivity contribution in [2.75, 3.05) is 26.2 Å². The van der Waals surface area contributed by atoms with Crippen LogP contribution in [0.4, 0.5) is 0 Å². The van der Waals surface area contributed by atoms with Crippen molar-refractivity contribution < 1.29 is 8.42 Å². The third kappa shape index (κ3) is 3.31. The molecular weight excluding hydrogens is 344 g/mol. The van der Waals surface area contributed by atoms with Gasteiger partial charge >= 0.3 is 0 Å². The summed E-state index contributed by atoms with van der Waals surface area (Å²) in [5.41, 5.74) is 2.81. The minimum absolute atomic E-state index is 0.116. The molecule has 1 spiro atoms. The summed E-state index contributed by atoms with van der Waals surface area (Å²) in [7, 11) is -3.37. The van der Waals surface area contributed by atoms with Gasteiger partial charge in [-0.1, -0.05) is 42.5 Å². The molecule has 2 saturated heterocycles. The Morgan fingerprint density at radius 2 is 1.62 bits per heavy atom. The second kappa shape index (κ2) is 6.80. The van der Waals surface area contributed by atoms with Gasteiger partial charge in [-0.2, -0.15) is 4.31 Å². The molecule has 2 aliphatic rings. The highest BCUT2D eigenvalue weighted by Gasteiger charge is 2.46. The van der Waals surface area contributed by atoms with E-state index in [1.807, 2.05) is 6.07 Å². The van der Waals surface area contributed by atoms with E-state index in [1.165, 1.54) is 11.1 Å². The highest BCUT2D eigenvalue weighted by Crippen LogP contribution is 2.41. The van der Waals surface area contributed by atoms with E-state index in [1.54, 1.807) is 28.6 Å². The fourth-order valence-corrected chi connectivity index (χ4v) is 5.94. The molecule has 1 atom stereocenters. The molecule has 0 radical (unpaired) electrons. The van der Waals surface area contributed by atoms with E-state index in [2.05, 4.69) is 36.1 Å². The lowest BCUT2D eigenvalue weighted by Crippen LogP contribution is -2.34. The summed E-state index contributed by atoms with van der Waals surface area (Å²) in [6, 6.07) is 17.3.